The van der Waals surface area contributed by atoms with Crippen LogP contribution in [0.25, 0.3) is 0 Å². The van der Waals surface area contributed by atoms with Gasteiger partial charge in [0.25, 0.3) is 0 Å². The Kier molecular flexibility index (Phi) is 6.45. The molecule has 0 unspecified atom stereocenters. The predicted octanol–water partition coefficient (Wildman–Crippen LogP) is 2.21. The van der Waals surface area contributed by atoms with Crippen molar-refractivity contribution in [1.29, 1.82) is 0 Å². The number of benzene rings is 1. The molecule has 2 heterocycles. The number of carbonyl (C=O) groups is 1. The summed E-state index contributed by atoms with van der Waals surface area (Å²) in [5, 5.41) is 2.97. The van der Waals surface area contributed by atoms with Gasteiger partial charge in [-0.25, -0.2) is 0 Å². The molecule has 0 spiro atoms. The van der Waals surface area contributed by atoms with Gasteiger partial charge in [0, 0.05) is 19.1 Å². The number of amides is 1. The average molecular weight is 346 g/mol. The molecule has 2 aliphatic heterocycles. The minimum absolute atomic E-state index is 0.0437. The van der Waals surface area contributed by atoms with Gasteiger partial charge in [-0.1, -0.05) is 30.3 Å². The lowest BCUT2D eigenvalue weighted by Crippen LogP contribution is -2.44. The molecular weight excluding hydrogens is 316 g/mol. The number of likely N-dealkylation sites (tertiary alicyclic amines) is 1. The lowest BCUT2D eigenvalue weighted by atomic mass is 9.91. The topological polar surface area (TPSA) is 50.8 Å². The maximum absolute atomic E-state index is 12.2. The van der Waals surface area contributed by atoms with E-state index in [1.807, 2.05) is 32.0 Å². The van der Waals surface area contributed by atoms with E-state index in [-0.39, 0.29) is 24.2 Å². The lowest BCUT2D eigenvalue weighted by Gasteiger charge is -2.33. The van der Waals surface area contributed by atoms with Crippen molar-refractivity contribution in [2.75, 3.05) is 26.2 Å². The lowest BCUT2D eigenvalue weighted by molar-refractivity contribution is -0.133. The molecule has 3 atom stereocenters. The summed E-state index contributed by atoms with van der Waals surface area (Å²) >= 11 is 0. The third-order valence-electron chi connectivity index (χ3n) is 5.02. The predicted molar refractivity (Wildman–Crippen MR) is 97.2 cm³/mol. The quantitative estimate of drug-likeness (QED) is 0.769. The normalized spacial score (nSPS) is 26.6. The number of carbonyl (C=O) groups excluding carboxylic acids is 1. The summed E-state index contributed by atoms with van der Waals surface area (Å²) in [6.07, 6.45) is 1.88. The van der Waals surface area contributed by atoms with Gasteiger partial charge in [-0.2, -0.15) is 0 Å². The van der Waals surface area contributed by atoms with Crippen LogP contribution in [0.1, 0.15) is 32.3 Å². The first-order chi connectivity index (χ1) is 12.1. The number of ether oxygens (including phenoxy) is 2. The maximum atomic E-state index is 12.2. The highest BCUT2D eigenvalue weighted by atomic mass is 16.5. The van der Waals surface area contributed by atoms with Crippen molar-refractivity contribution in [1.82, 2.24) is 10.2 Å². The zero-order valence-electron chi connectivity index (χ0n) is 15.3. The number of fused-ring (bicyclic) bond motifs is 1. The van der Waals surface area contributed by atoms with Gasteiger partial charge in [-0.3, -0.25) is 9.69 Å². The van der Waals surface area contributed by atoms with Crippen molar-refractivity contribution in [3.05, 3.63) is 35.9 Å². The molecule has 5 heteroatoms. The third-order valence-corrected chi connectivity index (χ3v) is 5.02. The Morgan fingerprint density at radius 1 is 1.36 bits per heavy atom. The van der Waals surface area contributed by atoms with E-state index in [1.165, 1.54) is 5.56 Å². The third kappa shape index (κ3) is 5.27. The molecule has 5 nitrogen and oxygen atoms in total. The fourth-order valence-corrected chi connectivity index (χ4v) is 3.70. The van der Waals surface area contributed by atoms with Crippen molar-refractivity contribution in [2.24, 2.45) is 5.92 Å². The fourth-order valence-electron chi connectivity index (χ4n) is 3.70. The van der Waals surface area contributed by atoms with Crippen LogP contribution in [0.5, 0.6) is 0 Å². The van der Waals surface area contributed by atoms with E-state index >= 15 is 0 Å². The van der Waals surface area contributed by atoms with Crippen LogP contribution in [-0.4, -0.2) is 55.3 Å². The number of hydrogen-bond donors (Lipinski definition) is 1. The molecule has 1 N–H and O–H groups in total. The monoisotopic (exact) mass is 346 g/mol. The molecule has 138 valence electrons. The number of hydrogen-bond acceptors (Lipinski definition) is 4. The van der Waals surface area contributed by atoms with Gasteiger partial charge in [0.15, 0.2) is 0 Å². The molecule has 1 aromatic rings. The summed E-state index contributed by atoms with van der Waals surface area (Å²) in [6.45, 7) is 8.25. The minimum atomic E-state index is -0.272. The fraction of sp³-hybridized carbons (Fsp3) is 0.650. The number of piperidine rings is 1. The molecular formula is C20H30N2O3. The molecule has 0 radical (unpaired) electrons. The Balaban J connectivity index is 1.37. The van der Waals surface area contributed by atoms with E-state index in [0.717, 1.165) is 39.1 Å². The van der Waals surface area contributed by atoms with Crippen LogP contribution >= 0.6 is 0 Å². The van der Waals surface area contributed by atoms with Crippen LogP contribution in [0.15, 0.2) is 30.3 Å². The van der Waals surface area contributed by atoms with E-state index in [4.69, 9.17) is 9.47 Å². The second-order valence-electron chi connectivity index (χ2n) is 7.45. The minimum Gasteiger partial charge on any atom is -0.375 e. The molecule has 2 aliphatic rings. The Morgan fingerprint density at radius 2 is 2.16 bits per heavy atom. The molecule has 1 aromatic carbocycles. The van der Waals surface area contributed by atoms with Crippen molar-refractivity contribution in [3.63, 3.8) is 0 Å². The molecule has 2 saturated heterocycles. The maximum Gasteiger partial charge on any atom is 0.249 e. The van der Waals surface area contributed by atoms with E-state index < -0.39 is 0 Å². The Hall–Kier alpha value is -1.43. The van der Waals surface area contributed by atoms with E-state index in [0.29, 0.717) is 12.5 Å². The summed E-state index contributed by atoms with van der Waals surface area (Å²) < 4.78 is 11.8. The molecule has 3 rings (SSSR count). The first-order valence-corrected chi connectivity index (χ1v) is 9.41. The second-order valence-corrected chi connectivity index (χ2v) is 7.45. The number of nitrogens with zero attached hydrogens (tertiary/aromatic N) is 1. The molecule has 1 amide bonds. The Bertz CT molecular complexity index is 549. The van der Waals surface area contributed by atoms with E-state index in [2.05, 4.69) is 22.3 Å². The van der Waals surface area contributed by atoms with Crippen molar-refractivity contribution in [3.8, 4) is 0 Å². The van der Waals surface area contributed by atoms with Gasteiger partial charge in [0.05, 0.1) is 19.3 Å². The summed E-state index contributed by atoms with van der Waals surface area (Å²) in [7, 11) is 0. The highest BCUT2D eigenvalue weighted by Gasteiger charge is 2.41. The number of rotatable bonds is 7. The van der Waals surface area contributed by atoms with E-state index in [9.17, 15) is 4.79 Å². The second kappa shape index (κ2) is 8.79. The summed E-state index contributed by atoms with van der Waals surface area (Å²) in [6, 6.07) is 10.4. The number of nitrogens with one attached hydrogen (secondary N) is 1. The largest absolute Gasteiger partial charge is 0.375 e. The first-order valence-electron chi connectivity index (χ1n) is 9.41. The van der Waals surface area contributed by atoms with Crippen LogP contribution in [0.4, 0.5) is 0 Å². The van der Waals surface area contributed by atoms with Gasteiger partial charge in [-0.05, 0) is 44.7 Å². The first kappa shape index (κ1) is 18.4. The summed E-state index contributed by atoms with van der Waals surface area (Å²) in [4.78, 5) is 14.6. The van der Waals surface area contributed by atoms with Crippen LogP contribution in [0, 0.1) is 5.92 Å². The molecule has 2 fully saturated rings. The van der Waals surface area contributed by atoms with Crippen molar-refractivity contribution >= 4 is 5.91 Å². The van der Waals surface area contributed by atoms with E-state index in [1.54, 1.807) is 0 Å². The van der Waals surface area contributed by atoms with Crippen LogP contribution < -0.4 is 5.32 Å². The average Bonchev–Trinajstić information content (AvgIpc) is 3.02. The SMILES string of the molecule is CC(C)NC(=O)[C@@H]1C[C@@H]2CCN(CCOCc3ccccc3)C[C@H]2O1. The van der Waals surface area contributed by atoms with Gasteiger partial charge in [0.1, 0.15) is 6.10 Å². The van der Waals surface area contributed by atoms with Crippen molar-refractivity contribution < 1.29 is 14.3 Å². The van der Waals surface area contributed by atoms with Crippen LogP contribution in [-0.2, 0) is 20.9 Å². The Labute approximate surface area is 150 Å². The molecule has 0 saturated carbocycles. The highest BCUT2D eigenvalue weighted by molar-refractivity contribution is 5.81. The van der Waals surface area contributed by atoms with Gasteiger partial charge in [0.2, 0.25) is 5.91 Å². The van der Waals surface area contributed by atoms with Crippen LogP contribution in [0.3, 0.4) is 0 Å². The highest BCUT2D eigenvalue weighted by Crippen LogP contribution is 2.33. The van der Waals surface area contributed by atoms with Gasteiger partial charge >= 0.3 is 0 Å². The molecule has 0 aliphatic carbocycles. The van der Waals surface area contributed by atoms with Crippen LogP contribution in [0.2, 0.25) is 0 Å². The summed E-state index contributed by atoms with van der Waals surface area (Å²) in [5.74, 6) is 0.562. The molecule has 0 aromatic heterocycles. The Morgan fingerprint density at radius 3 is 2.92 bits per heavy atom. The summed E-state index contributed by atoms with van der Waals surface area (Å²) in [5.41, 5.74) is 1.21. The standard InChI is InChI=1S/C20H30N2O3/c1-15(2)21-20(23)18-12-17-8-9-22(13-19(17)25-18)10-11-24-14-16-6-4-3-5-7-16/h3-7,15,17-19H,8-14H2,1-2H3,(H,21,23)/t17-,18-,19+/m0/s1. The molecule has 25 heavy (non-hydrogen) atoms. The van der Waals surface area contributed by atoms with Gasteiger partial charge < -0.3 is 14.8 Å². The van der Waals surface area contributed by atoms with Gasteiger partial charge in [-0.15, -0.1) is 0 Å². The zero-order valence-corrected chi connectivity index (χ0v) is 15.3. The zero-order chi connectivity index (χ0) is 17.6. The van der Waals surface area contributed by atoms with Crippen molar-refractivity contribution in [2.45, 2.75) is 51.5 Å². The smallest absolute Gasteiger partial charge is 0.249 e. The molecule has 0 bridgehead atoms.